The fraction of sp³-hybridized carbons (Fsp3) is 0.333. The molecule has 0 bridgehead atoms. The minimum Gasteiger partial charge on any atom is -0.496 e. The van der Waals surface area contributed by atoms with Gasteiger partial charge < -0.3 is 15.0 Å². The van der Waals surface area contributed by atoms with Crippen molar-refractivity contribution in [1.82, 2.24) is 9.88 Å². The molecule has 1 aliphatic heterocycles. The van der Waals surface area contributed by atoms with Crippen LogP contribution in [0.1, 0.15) is 12.0 Å². The van der Waals surface area contributed by atoms with E-state index in [1.54, 1.807) is 19.5 Å². The normalized spacial score (nSPS) is 17.1. The Morgan fingerprint density at radius 1 is 1.35 bits per heavy atom. The summed E-state index contributed by atoms with van der Waals surface area (Å²) in [6, 6.07) is 11.9. The van der Waals surface area contributed by atoms with Gasteiger partial charge in [0.15, 0.2) is 0 Å². The number of carbonyl (C=O) groups is 1. The fourth-order valence-electron chi connectivity index (χ4n) is 2.91. The van der Waals surface area contributed by atoms with Crippen LogP contribution in [0.15, 0.2) is 48.8 Å². The molecule has 1 fully saturated rings. The summed E-state index contributed by atoms with van der Waals surface area (Å²) in [5.41, 5.74) is 1.93. The van der Waals surface area contributed by atoms with Crippen LogP contribution in [-0.2, 0) is 11.2 Å². The first-order chi connectivity index (χ1) is 11.3. The van der Waals surface area contributed by atoms with Crippen LogP contribution in [0.25, 0.3) is 0 Å². The monoisotopic (exact) mass is 311 g/mol. The lowest BCUT2D eigenvalue weighted by atomic mass is 10.1. The van der Waals surface area contributed by atoms with E-state index in [1.807, 2.05) is 41.3 Å². The molecule has 0 unspecified atom stereocenters. The number of pyridine rings is 1. The van der Waals surface area contributed by atoms with Crippen molar-refractivity contribution in [1.29, 1.82) is 0 Å². The number of nitrogens with zero attached hydrogens (tertiary/aromatic N) is 2. The van der Waals surface area contributed by atoms with E-state index in [4.69, 9.17) is 4.74 Å². The number of carbonyl (C=O) groups excluding carboxylic acids is 1. The molecule has 2 heterocycles. The largest absolute Gasteiger partial charge is 0.496 e. The Kier molecular flexibility index (Phi) is 4.76. The molecule has 1 aliphatic rings. The van der Waals surface area contributed by atoms with Gasteiger partial charge in [0, 0.05) is 37.1 Å². The number of rotatable bonds is 5. The van der Waals surface area contributed by atoms with Crippen LogP contribution < -0.4 is 10.1 Å². The van der Waals surface area contributed by atoms with Gasteiger partial charge in [0.2, 0.25) is 5.91 Å². The van der Waals surface area contributed by atoms with Crippen LogP contribution in [-0.4, -0.2) is 42.0 Å². The minimum absolute atomic E-state index is 0.144. The standard InChI is InChI=1S/C18H21N3O2/c1-23-17-7-3-2-5-14(17)11-18(22)21-10-8-16(13-21)20-15-6-4-9-19-12-15/h2-7,9,12,16,20H,8,10-11,13H2,1H3/t16-/m1/s1. The Labute approximate surface area is 136 Å². The van der Waals surface area contributed by atoms with Crippen LogP contribution in [0.3, 0.4) is 0 Å². The van der Waals surface area contributed by atoms with Gasteiger partial charge in [0.1, 0.15) is 5.75 Å². The predicted molar refractivity (Wildman–Crippen MR) is 89.5 cm³/mol. The van der Waals surface area contributed by atoms with Crippen molar-refractivity contribution in [2.45, 2.75) is 18.9 Å². The molecule has 5 heteroatoms. The molecule has 1 atom stereocenters. The zero-order chi connectivity index (χ0) is 16.1. The van der Waals surface area contributed by atoms with E-state index in [0.29, 0.717) is 6.42 Å². The van der Waals surface area contributed by atoms with Crippen molar-refractivity contribution in [3.8, 4) is 5.75 Å². The fourth-order valence-corrected chi connectivity index (χ4v) is 2.91. The summed E-state index contributed by atoms with van der Waals surface area (Å²) >= 11 is 0. The van der Waals surface area contributed by atoms with Crippen LogP contribution >= 0.6 is 0 Å². The van der Waals surface area contributed by atoms with E-state index in [0.717, 1.165) is 36.5 Å². The summed E-state index contributed by atoms with van der Waals surface area (Å²) in [6.45, 7) is 1.51. The van der Waals surface area contributed by atoms with Gasteiger partial charge in [-0.1, -0.05) is 18.2 Å². The van der Waals surface area contributed by atoms with Gasteiger partial charge in [-0.2, -0.15) is 0 Å². The van der Waals surface area contributed by atoms with Crippen molar-refractivity contribution in [3.05, 3.63) is 54.4 Å². The Hall–Kier alpha value is -2.56. The summed E-state index contributed by atoms with van der Waals surface area (Å²) in [4.78, 5) is 18.5. The van der Waals surface area contributed by atoms with Crippen LogP contribution in [0.5, 0.6) is 5.75 Å². The maximum absolute atomic E-state index is 12.5. The molecular formula is C18H21N3O2. The van der Waals surface area contributed by atoms with Crippen molar-refractivity contribution < 1.29 is 9.53 Å². The summed E-state index contributed by atoms with van der Waals surface area (Å²) in [6.07, 6.45) is 4.89. The molecule has 3 rings (SSSR count). The number of benzene rings is 1. The van der Waals surface area contributed by atoms with Crippen molar-refractivity contribution in [3.63, 3.8) is 0 Å². The van der Waals surface area contributed by atoms with Crippen LogP contribution in [0, 0.1) is 0 Å². The molecule has 2 aromatic rings. The van der Waals surface area contributed by atoms with Crippen molar-refractivity contribution >= 4 is 11.6 Å². The maximum Gasteiger partial charge on any atom is 0.227 e. The lowest BCUT2D eigenvalue weighted by Crippen LogP contribution is -2.32. The van der Waals surface area contributed by atoms with Crippen LogP contribution in [0.2, 0.25) is 0 Å². The van der Waals surface area contributed by atoms with Gasteiger partial charge in [-0.25, -0.2) is 0 Å². The SMILES string of the molecule is COc1ccccc1CC(=O)N1CC[C@@H](Nc2cccnc2)C1. The molecule has 23 heavy (non-hydrogen) atoms. The highest BCUT2D eigenvalue weighted by atomic mass is 16.5. The average Bonchev–Trinajstić information content (AvgIpc) is 3.05. The van der Waals surface area contributed by atoms with E-state index >= 15 is 0 Å². The lowest BCUT2D eigenvalue weighted by molar-refractivity contribution is -0.129. The number of aromatic nitrogens is 1. The maximum atomic E-state index is 12.5. The molecule has 5 nitrogen and oxygen atoms in total. The zero-order valence-corrected chi connectivity index (χ0v) is 13.2. The lowest BCUT2D eigenvalue weighted by Gasteiger charge is -2.18. The minimum atomic E-state index is 0.144. The zero-order valence-electron chi connectivity index (χ0n) is 13.2. The Bertz CT molecular complexity index is 660. The molecule has 1 aromatic carbocycles. The highest BCUT2D eigenvalue weighted by Gasteiger charge is 2.26. The quantitative estimate of drug-likeness (QED) is 0.921. The average molecular weight is 311 g/mol. The smallest absolute Gasteiger partial charge is 0.227 e. The van der Waals surface area contributed by atoms with E-state index in [-0.39, 0.29) is 11.9 Å². The highest BCUT2D eigenvalue weighted by Crippen LogP contribution is 2.21. The molecule has 0 aliphatic carbocycles. The van der Waals surface area contributed by atoms with Gasteiger partial charge in [-0.05, 0) is 24.6 Å². The number of para-hydroxylation sites is 1. The van der Waals surface area contributed by atoms with Gasteiger partial charge in [0.05, 0.1) is 19.2 Å². The third kappa shape index (κ3) is 3.80. The topological polar surface area (TPSA) is 54.5 Å². The number of nitrogens with one attached hydrogen (secondary N) is 1. The molecule has 1 saturated heterocycles. The first-order valence-electron chi connectivity index (χ1n) is 7.82. The van der Waals surface area contributed by atoms with Crippen LogP contribution in [0.4, 0.5) is 5.69 Å². The van der Waals surface area contributed by atoms with Gasteiger partial charge in [-0.3, -0.25) is 9.78 Å². The van der Waals surface area contributed by atoms with Gasteiger partial charge >= 0.3 is 0 Å². The molecular weight excluding hydrogens is 290 g/mol. The summed E-state index contributed by atoms with van der Waals surface area (Å²) < 4.78 is 5.32. The van der Waals surface area contributed by atoms with Gasteiger partial charge in [-0.15, -0.1) is 0 Å². The molecule has 0 saturated carbocycles. The molecule has 1 amide bonds. The predicted octanol–water partition coefficient (Wildman–Crippen LogP) is 2.35. The number of anilines is 1. The third-order valence-electron chi connectivity index (χ3n) is 4.11. The summed E-state index contributed by atoms with van der Waals surface area (Å²) in [5, 5.41) is 3.43. The highest BCUT2D eigenvalue weighted by molar-refractivity contribution is 5.80. The molecule has 0 radical (unpaired) electrons. The number of hydrogen-bond acceptors (Lipinski definition) is 4. The Balaban J connectivity index is 1.57. The molecule has 120 valence electrons. The van der Waals surface area contributed by atoms with Crippen molar-refractivity contribution in [2.24, 2.45) is 0 Å². The molecule has 1 aromatic heterocycles. The second-order valence-corrected chi connectivity index (χ2v) is 5.70. The number of amides is 1. The van der Waals surface area contributed by atoms with E-state index < -0.39 is 0 Å². The van der Waals surface area contributed by atoms with E-state index in [2.05, 4.69) is 10.3 Å². The number of ether oxygens (including phenoxy) is 1. The second-order valence-electron chi connectivity index (χ2n) is 5.70. The van der Waals surface area contributed by atoms with E-state index in [1.165, 1.54) is 0 Å². The third-order valence-corrected chi connectivity index (χ3v) is 4.11. The number of likely N-dealkylation sites (tertiary alicyclic amines) is 1. The second kappa shape index (κ2) is 7.13. The van der Waals surface area contributed by atoms with Crippen molar-refractivity contribution in [2.75, 3.05) is 25.5 Å². The molecule has 0 spiro atoms. The summed E-state index contributed by atoms with van der Waals surface area (Å²) in [5.74, 6) is 0.912. The first kappa shape index (κ1) is 15.3. The Morgan fingerprint density at radius 2 is 2.22 bits per heavy atom. The van der Waals surface area contributed by atoms with Gasteiger partial charge in [0.25, 0.3) is 0 Å². The van der Waals surface area contributed by atoms with E-state index in [9.17, 15) is 4.79 Å². The summed E-state index contributed by atoms with van der Waals surface area (Å²) in [7, 11) is 1.63. The molecule has 1 N–H and O–H groups in total. The first-order valence-corrected chi connectivity index (χ1v) is 7.82. The number of methoxy groups -OCH3 is 1. The number of hydrogen-bond donors (Lipinski definition) is 1. The Morgan fingerprint density at radius 3 is 3.00 bits per heavy atom.